The van der Waals surface area contributed by atoms with Crippen molar-refractivity contribution < 1.29 is 13.2 Å². The van der Waals surface area contributed by atoms with E-state index in [2.05, 4.69) is 20.1 Å². The third kappa shape index (κ3) is 3.98. The predicted molar refractivity (Wildman–Crippen MR) is 87.3 cm³/mol. The summed E-state index contributed by atoms with van der Waals surface area (Å²) in [7, 11) is 0. The van der Waals surface area contributed by atoms with E-state index in [1.54, 1.807) is 0 Å². The topological polar surface area (TPSA) is 67.9 Å². The molecule has 130 valence electrons. The third-order valence-corrected chi connectivity index (χ3v) is 5.89. The molecule has 2 aromatic rings. The molecule has 2 N–H and O–H groups in total. The van der Waals surface area contributed by atoms with E-state index in [1.165, 1.54) is 23.6 Å². The fourth-order valence-corrected chi connectivity index (χ4v) is 4.26. The molecule has 24 heavy (non-hydrogen) atoms. The monoisotopic (exact) mass is 375 g/mol. The minimum absolute atomic E-state index is 0.110. The molecule has 10 heteroatoms. The summed E-state index contributed by atoms with van der Waals surface area (Å²) in [6, 6.07) is 2.29. The molecule has 0 amide bonds. The Hall–Kier alpha value is -1.39. The molecule has 2 aromatic heterocycles. The van der Waals surface area contributed by atoms with Crippen molar-refractivity contribution in [2.24, 2.45) is 5.73 Å². The van der Waals surface area contributed by atoms with Crippen molar-refractivity contribution >= 4 is 28.2 Å². The number of piperidine rings is 1. The van der Waals surface area contributed by atoms with Crippen LogP contribution in [-0.4, -0.2) is 33.8 Å². The highest BCUT2D eigenvalue weighted by molar-refractivity contribution is 8.01. The van der Waals surface area contributed by atoms with E-state index in [-0.39, 0.29) is 10.6 Å². The van der Waals surface area contributed by atoms with Crippen molar-refractivity contribution in [1.82, 2.24) is 15.2 Å². The van der Waals surface area contributed by atoms with E-state index in [1.807, 2.05) is 6.92 Å². The van der Waals surface area contributed by atoms with Gasteiger partial charge in [-0.15, -0.1) is 10.2 Å². The Kier molecular flexibility index (Phi) is 4.71. The molecule has 3 rings (SSSR count). The molecule has 3 heterocycles. The quantitative estimate of drug-likeness (QED) is 0.887. The van der Waals surface area contributed by atoms with Crippen molar-refractivity contribution in [2.45, 2.75) is 40.8 Å². The molecular formula is C14H16F3N5S2. The lowest BCUT2D eigenvalue weighted by Gasteiger charge is -2.36. The molecular weight excluding hydrogens is 359 g/mol. The van der Waals surface area contributed by atoms with E-state index in [0.29, 0.717) is 9.47 Å². The van der Waals surface area contributed by atoms with Crippen molar-refractivity contribution in [1.29, 1.82) is 0 Å². The number of alkyl halides is 3. The molecule has 0 aromatic carbocycles. The Morgan fingerprint density at radius 1 is 1.29 bits per heavy atom. The zero-order chi connectivity index (χ0) is 17.4. The van der Waals surface area contributed by atoms with Crippen molar-refractivity contribution in [3.63, 3.8) is 0 Å². The van der Waals surface area contributed by atoms with E-state index in [4.69, 9.17) is 5.73 Å². The fourth-order valence-electron chi connectivity index (χ4n) is 2.35. The minimum atomic E-state index is -4.44. The van der Waals surface area contributed by atoms with Crippen molar-refractivity contribution in [2.75, 3.05) is 18.0 Å². The van der Waals surface area contributed by atoms with E-state index in [0.717, 1.165) is 43.8 Å². The zero-order valence-corrected chi connectivity index (χ0v) is 14.5. The molecule has 0 saturated carbocycles. The van der Waals surface area contributed by atoms with Gasteiger partial charge in [0.15, 0.2) is 4.34 Å². The van der Waals surface area contributed by atoms with Crippen LogP contribution in [0.5, 0.6) is 0 Å². The summed E-state index contributed by atoms with van der Waals surface area (Å²) in [6.07, 6.45) is -1.42. The Labute approximate surface area is 145 Å². The Morgan fingerprint density at radius 2 is 2.00 bits per heavy atom. The summed E-state index contributed by atoms with van der Waals surface area (Å²) >= 11 is 2.16. The van der Waals surface area contributed by atoms with Crippen LogP contribution < -0.4 is 10.6 Å². The highest BCUT2D eigenvalue weighted by Crippen LogP contribution is 2.40. The Bertz CT molecular complexity index is 706. The number of nitrogens with two attached hydrogens (primary N) is 1. The second-order valence-corrected chi connectivity index (χ2v) is 8.14. The molecule has 1 aliphatic heterocycles. The summed E-state index contributed by atoms with van der Waals surface area (Å²) in [6.45, 7) is 3.55. The standard InChI is InChI=1S/C14H16F3N5S2/c1-13(18)4-7-22(8-5-13)11-20-21-12(24-11)23-10-9(14(15,16)17)3-2-6-19-10/h2-3,6H,4-5,7-8,18H2,1H3. The highest BCUT2D eigenvalue weighted by atomic mass is 32.2. The van der Waals surface area contributed by atoms with Crippen LogP contribution in [0.3, 0.4) is 0 Å². The fraction of sp³-hybridized carbons (Fsp3) is 0.500. The molecule has 0 aliphatic carbocycles. The minimum Gasteiger partial charge on any atom is -0.346 e. The number of rotatable bonds is 3. The number of halogens is 3. The first kappa shape index (κ1) is 17.4. The van der Waals surface area contributed by atoms with Crippen LogP contribution in [0.2, 0.25) is 0 Å². The van der Waals surface area contributed by atoms with Crippen LogP contribution in [0.1, 0.15) is 25.3 Å². The molecule has 1 fully saturated rings. The van der Waals surface area contributed by atoms with E-state index in [9.17, 15) is 13.2 Å². The molecule has 0 atom stereocenters. The van der Waals surface area contributed by atoms with Gasteiger partial charge < -0.3 is 10.6 Å². The first-order valence-corrected chi connectivity index (χ1v) is 8.95. The van der Waals surface area contributed by atoms with Gasteiger partial charge in [-0.1, -0.05) is 11.3 Å². The van der Waals surface area contributed by atoms with Gasteiger partial charge in [0, 0.05) is 24.8 Å². The molecule has 0 radical (unpaired) electrons. The number of hydrogen-bond donors (Lipinski definition) is 1. The molecule has 0 spiro atoms. The number of anilines is 1. The maximum atomic E-state index is 13.0. The summed E-state index contributed by atoms with van der Waals surface area (Å²) in [5, 5.41) is 8.69. The molecule has 1 aliphatic rings. The van der Waals surface area contributed by atoms with Gasteiger partial charge >= 0.3 is 6.18 Å². The molecule has 1 saturated heterocycles. The van der Waals surface area contributed by atoms with Gasteiger partial charge in [-0.2, -0.15) is 13.2 Å². The second kappa shape index (κ2) is 6.49. The SMILES string of the molecule is CC1(N)CCN(c2nnc(Sc3ncccc3C(F)(F)F)s2)CC1. The number of pyridine rings is 1. The summed E-state index contributed by atoms with van der Waals surface area (Å²) in [5.74, 6) is 0. The first-order chi connectivity index (χ1) is 11.2. The average Bonchev–Trinajstić information content (AvgIpc) is 2.95. The lowest BCUT2D eigenvalue weighted by Crippen LogP contribution is -2.48. The van der Waals surface area contributed by atoms with Gasteiger partial charge in [0.1, 0.15) is 5.03 Å². The Balaban J connectivity index is 1.74. The smallest absolute Gasteiger partial charge is 0.346 e. The van der Waals surface area contributed by atoms with Crippen LogP contribution in [0, 0.1) is 0 Å². The van der Waals surface area contributed by atoms with Gasteiger partial charge in [0.05, 0.1) is 5.56 Å². The molecule has 5 nitrogen and oxygen atoms in total. The predicted octanol–water partition coefficient (Wildman–Crippen LogP) is 3.42. The van der Waals surface area contributed by atoms with Crippen molar-refractivity contribution in [3.05, 3.63) is 23.9 Å². The lowest BCUT2D eigenvalue weighted by atomic mass is 9.91. The van der Waals surface area contributed by atoms with Crippen LogP contribution in [0.15, 0.2) is 27.7 Å². The summed E-state index contributed by atoms with van der Waals surface area (Å²) in [4.78, 5) is 5.90. The van der Waals surface area contributed by atoms with Crippen LogP contribution in [-0.2, 0) is 6.18 Å². The average molecular weight is 375 g/mol. The summed E-state index contributed by atoms with van der Waals surface area (Å²) < 4.78 is 39.5. The van der Waals surface area contributed by atoms with Crippen LogP contribution in [0.4, 0.5) is 18.3 Å². The van der Waals surface area contributed by atoms with Gasteiger partial charge in [-0.3, -0.25) is 0 Å². The maximum absolute atomic E-state index is 13.0. The third-order valence-electron chi connectivity index (χ3n) is 3.83. The molecule has 0 bridgehead atoms. The normalized spacial score (nSPS) is 18.0. The summed E-state index contributed by atoms with van der Waals surface area (Å²) in [5.41, 5.74) is 5.17. The highest BCUT2D eigenvalue weighted by Gasteiger charge is 2.34. The molecule has 0 unspecified atom stereocenters. The number of nitrogens with zero attached hydrogens (tertiary/aromatic N) is 4. The Morgan fingerprint density at radius 3 is 2.67 bits per heavy atom. The van der Waals surface area contributed by atoms with Gasteiger partial charge in [-0.25, -0.2) is 4.98 Å². The van der Waals surface area contributed by atoms with Gasteiger partial charge in [-0.05, 0) is 43.7 Å². The van der Waals surface area contributed by atoms with E-state index >= 15 is 0 Å². The largest absolute Gasteiger partial charge is 0.419 e. The number of aromatic nitrogens is 3. The van der Waals surface area contributed by atoms with Crippen LogP contribution >= 0.6 is 23.1 Å². The first-order valence-electron chi connectivity index (χ1n) is 7.32. The lowest BCUT2D eigenvalue weighted by molar-refractivity contribution is -0.140. The number of hydrogen-bond acceptors (Lipinski definition) is 7. The van der Waals surface area contributed by atoms with Crippen molar-refractivity contribution in [3.8, 4) is 0 Å². The van der Waals surface area contributed by atoms with E-state index < -0.39 is 11.7 Å². The van der Waals surface area contributed by atoms with Gasteiger partial charge in [0.2, 0.25) is 5.13 Å². The van der Waals surface area contributed by atoms with Gasteiger partial charge in [0.25, 0.3) is 0 Å². The second-order valence-electron chi connectivity index (χ2n) is 5.95. The zero-order valence-electron chi connectivity index (χ0n) is 12.9. The maximum Gasteiger partial charge on any atom is 0.419 e. The van der Waals surface area contributed by atoms with Crippen LogP contribution in [0.25, 0.3) is 0 Å².